The summed E-state index contributed by atoms with van der Waals surface area (Å²) in [4.78, 5) is 11.2. The van der Waals surface area contributed by atoms with Crippen molar-refractivity contribution in [2.24, 2.45) is 11.1 Å². The maximum absolute atomic E-state index is 11.2. The lowest BCUT2D eigenvalue weighted by Gasteiger charge is -2.54. The van der Waals surface area contributed by atoms with Gasteiger partial charge in [0.2, 0.25) is 0 Å². The normalized spacial score (nSPS) is 37.0. The van der Waals surface area contributed by atoms with Crippen LogP contribution in [0.1, 0.15) is 25.7 Å². The molecule has 74 valence electrons. The fraction of sp³-hybridized carbons (Fsp3) is 0.889. The highest BCUT2D eigenvalue weighted by Crippen LogP contribution is 2.54. The number of hydrogen-bond donors (Lipinski definition) is 2. The Kier molecular flexibility index (Phi) is 2.07. The van der Waals surface area contributed by atoms with E-state index in [1.165, 1.54) is 0 Å². The first-order valence-corrected chi connectivity index (χ1v) is 5.86. The molecule has 1 aliphatic heterocycles. The number of hydrogen-bond acceptors (Lipinski definition) is 3. The molecule has 4 heteroatoms. The third kappa shape index (κ3) is 1.12. The minimum atomic E-state index is -0.934. The fourth-order valence-corrected chi connectivity index (χ4v) is 3.97. The first kappa shape index (κ1) is 9.34. The van der Waals surface area contributed by atoms with Gasteiger partial charge in [-0.2, -0.15) is 11.8 Å². The largest absolute Gasteiger partial charge is 0.480 e. The predicted molar refractivity (Wildman–Crippen MR) is 52.8 cm³/mol. The number of carboxylic acids is 1. The zero-order valence-corrected chi connectivity index (χ0v) is 8.40. The number of rotatable bonds is 1. The molecule has 0 bridgehead atoms. The van der Waals surface area contributed by atoms with Gasteiger partial charge < -0.3 is 10.8 Å². The standard InChI is InChI=1S/C9H15NO2S/c10-9(7(11)12)4-5-13-6-8(9)2-1-3-8/h1-6,10H2,(H,11,12). The summed E-state index contributed by atoms with van der Waals surface area (Å²) >= 11 is 1.85. The van der Waals surface area contributed by atoms with Crippen LogP contribution in [0.25, 0.3) is 0 Å². The van der Waals surface area contributed by atoms with Crippen molar-refractivity contribution in [2.45, 2.75) is 31.2 Å². The van der Waals surface area contributed by atoms with Gasteiger partial charge in [-0.05, 0) is 25.0 Å². The summed E-state index contributed by atoms with van der Waals surface area (Å²) in [6.07, 6.45) is 3.78. The van der Waals surface area contributed by atoms with E-state index >= 15 is 0 Å². The van der Waals surface area contributed by atoms with Crippen LogP contribution in [-0.2, 0) is 4.79 Å². The van der Waals surface area contributed by atoms with E-state index in [1.807, 2.05) is 11.8 Å². The Balaban J connectivity index is 2.27. The molecule has 1 spiro atoms. The quantitative estimate of drug-likeness (QED) is 0.666. The smallest absolute Gasteiger partial charge is 0.324 e. The Bertz CT molecular complexity index is 240. The van der Waals surface area contributed by atoms with E-state index in [1.54, 1.807) is 0 Å². The molecule has 0 radical (unpaired) electrons. The molecule has 1 unspecified atom stereocenters. The summed E-state index contributed by atoms with van der Waals surface area (Å²) < 4.78 is 0. The summed E-state index contributed by atoms with van der Waals surface area (Å²) in [7, 11) is 0. The Hall–Kier alpha value is -0.220. The van der Waals surface area contributed by atoms with Crippen molar-refractivity contribution in [1.82, 2.24) is 0 Å². The van der Waals surface area contributed by atoms with Gasteiger partial charge in [-0.3, -0.25) is 4.79 Å². The highest BCUT2D eigenvalue weighted by atomic mass is 32.2. The molecular weight excluding hydrogens is 186 g/mol. The van der Waals surface area contributed by atoms with Crippen molar-refractivity contribution >= 4 is 17.7 Å². The highest BCUT2D eigenvalue weighted by Gasteiger charge is 2.58. The molecule has 2 rings (SSSR count). The van der Waals surface area contributed by atoms with Crippen LogP contribution in [0.15, 0.2) is 0 Å². The van der Waals surface area contributed by atoms with Gasteiger partial charge in [0, 0.05) is 11.2 Å². The summed E-state index contributed by atoms with van der Waals surface area (Å²) in [6, 6.07) is 0. The predicted octanol–water partition coefficient (Wildman–Crippen LogP) is 1.08. The molecule has 1 saturated carbocycles. The van der Waals surface area contributed by atoms with Crippen LogP contribution in [0, 0.1) is 5.41 Å². The van der Waals surface area contributed by atoms with Crippen molar-refractivity contribution in [3.63, 3.8) is 0 Å². The van der Waals surface area contributed by atoms with Gasteiger partial charge in [0.1, 0.15) is 5.54 Å². The van der Waals surface area contributed by atoms with Crippen molar-refractivity contribution in [1.29, 1.82) is 0 Å². The van der Waals surface area contributed by atoms with E-state index < -0.39 is 11.5 Å². The number of carboxylic acid groups (broad SMARTS) is 1. The molecule has 2 fully saturated rings. The van der Waals surface area contributed by atoms with E-state index in [0.29, 0.717) is 6.42 Å². The zero-order valence-electron chi connectivity index (χ0n) is 7.58. The molecule has 2 aliphatic rings. The lowest BCUT2D eigenvalue weighted by Crippen LogP contribution is -2.66. The molecule has 1 saturated heterocycles. The lowest BCUT2D eigenvalue weighted by atomic mass is 9.57. The first-order valence-electron chi connectivity index (χ1n) is 4.71. The minimum absolute atomic E-state index is 0.0816. The number of aliphatic carboxylic acids is 1. The molecule has 3 N–H and O–H groups in total. The molecule has 3 nitrogen and oxygen atoms in total. The van der Waals surface area contributed by atoms with Gasteiger partial charge in [0.05, 0.1) is 0 Å². The van der Waals surface area contributed by atoms with Crippen LogP contribution < -0.4 is 5.73 Å². The third-order valence-corrected chi connectivity index (χ3v) is 4.91. The Labute approximate surface area is 82.1 Å². The maximum Gasteiger partial charge on any atom is 0.324 e. The highest BCUT2D eigenvalue weighted by molar-refractivity contribution is 7.99. The van der Waals surface area contributed by atoms with Crippen molar-refractivity contribution < 1.29 is 9.90 Å². The summed E-state index contributed by atoms with van der Waals surface area (Å²) in [5.74, 6) is 1.04. The molecule has 0 aromatic heterocycles. The monoisotopic (exact) mass is 201 g/mol. The summed E-state index contributed by atoms with van der Waals surface area (Å²) in [6.45, 7) is 0. The second kappa shape index (κ2) is 2.89. The van der Waals surface area contributed by atoms with Crippen molar-refractivity contribution in [3.05, 3.63) is 0 Å². The van der Waals surface area contributed by atoms with E-state index in [-0.39, 0.29) is 5.41 Å². The average Bonchev–Trinajstić information content (AvgIpc) is 2.02. The number of carbonyl (C=O) groups is 1. The Morgan fingerprint density at radius 2 is 2.08 bits per heavy atom. The van der Waals surface area contributed by atoms with Gasteiger partial charge in [-0.15, -0.1) is 0 Å². The second-order valence-electron chi connectivity index (χ2n) is 4.21. The fourth-order valence-electron chi connectivity index (χ4n) is 2.42. The molecular formula is C9H15NO2S. The number of nitrogens with two attached hydrogens (primary N) is 1. The molecule has 1 aliphatic carbocycles. The lowest BCUT2D eigenvalue weighted by molar-refractivity contribution is -0.152. The van der Waals surface area contributed by atoms with Crippen molar-refractivity contribution in [2.75, 3.05) is 11.5 Å². The topological polar surface area (TPSA) is 63.3 Å². The van der Waals surface area contributed by atoms with Gasteiger partial charge in [0.25, 0.3) is 0 Å². The Morgan fingerprint density at radius 3 is 2.46 bits per heavy atom. The van der Waals surface area contributed by atoms with Gasteiger partial charge in [-0.25, -0.2) is 0 Å². The SMILES string of the molecule is NC1(C(=O)O)CCSCC12CCC2. The zero-order chi connectivity index (χ0) is 9.53. The van der Waals surface area contributed by atoms with E-state index in [4.69, 9.17) is 10.8 Å². The van der Waals surface area contributed by atoms with E-state index in [9.17, 15) is 4.79 Å². The van der Waals surface area contributed by atoms with Crippen molar-refractivity contribution in [3.8, 4) is 0 Å². The molecule has 0 aromatic carbocycles. The molecule has 0 aromatic rings. The van der Waals surface area contributed by atoms with E-state index in [2.05, 4.69) is 0 Å². The van der Waals surface area contributed by atoms with Crippen LogP contribution in [0.2, 0.25) is 0 Å². The average molecular weight is 201 g/mol. The van der Waals surface area contributed by atoms with Gasteiger partial charge >= 0.3 is 5.97 Å². The molecule has 13 heavy (non-hydrogen) atoms. The summed E-state index contributed by atoms with van der Waals surface area (Å²) in [5, 5.41) is 9.16. The Morgan fingerprint density at radius 1 is 1.38 bits per heavy atom. The first-order chi connectivity index (χ1) is 6.11. The molecule has 1 atom stereocenters. The van der Waals surface area contributed by atoms with Crippen LogP contribution in [0.4, 0.5) is 0 Å². The molecule has 0 amide bonds. The number of thioether (sulfide) groups is 1. The third-order valence-electron chi connectivity index (χ3n) is 3.66. The van der Waals surface area contributed by atoms with Gasteiger partial charge in [0.15, 0.2) is 0 Å². The minimum Gasteiger partial charge on any atom is -0.480 e. The van der Waals surface area contributed by atoms with Crippen LogP contribution in [0.5, 0.6) is 0 Å². The van der Waals surface area contributed by atoms with E-state index in [0.717, 1.165) is 30.8 Å². The maximum atomic E-state index is 11.2. The van der Waals surface area contributed by atoms with Crippen LogP contribution in [0.3, 0.4) is 0 Å². The molecule has 1 heterocycles. The van der Waals surface area contributed by atoms with Crippen LogP contribution in [-0.4, -0.2) is 28.1 Å². The summed E-state index contributed by atoms with van der Waals surface area (Å²) in [5.41, 5.74) is 5.01. The second-order valence-corrected chi connectivity index (χ2v) is 5.32. The van der Waals surface area contributed by atoms with Crippen LogP contribution >= 0.6 is 11.8 Å². The van der Waals surface area contributed by atoms with Gasteiger partial charge in [-0.1, -0.05) is 6.42 Å².